The van der Waals surface area contributed by atoms with Gasteiger partial charge >= 0.3 is 71.6 Å². The van der Waals surface area contributed by atoms with Crippen molar-refractivity contribution in [3.05, 3.63) is 96.1 Å². The van der Waals surface area contributed by atoms with Crippen molar-refractivity contribution in [3.8, 4) is 0 Å². The number of aliphatic hydroxyl groups is 3. The number of carbonyl (C=O) groups excluding carboxylic acids is 11. The summed E-state index contributed by atoms with van der Waals surface area (Å²) in [7, 11) is 0. The fraction of sp³-hybridized carbons (Fsp3) is 0.641. The van der Waals surface area contributed by atoms with Crippen LogP contribution in [0, 0.1) is 23.7 Å². The van der Waals surface area contributed by atoms with E-state index in [-0.39, 0.29) is 48.8 Å². The second-order valence-corrected chi connectivity index (χ2v) is 26.9. The van der Waals surface area contributed by atoms with E-state index in [1.165, 1.54) is 61.0 Å². The standard InChI is InChI=1S/C41H58O14.C26H40O5.C11H16O8/c1-25(2)49-38(45)19-15-10-9-14-18-34-35(23-22-33(21-20-32-16-12-11-13-17-32)53-39(46)26(3)50-29(6)42)37(55-41(48)28(5)52-31(8)44)24-36(34)54-40(47)27(4)51-30(7)43;1-19(2)31-26(30)13-9-4-3-8-12-22-23(25(29)18-24(22)28)17-16-21(27)15-14-20-10-6-5-7-11-20;1-5(9(13)14)18-11(16)7(3)19-10(15)6(2)17-8(4)12/h9,11-14,16-17,25-28,33-37H,10,15,18-24H2,1-8H3;3,5-8,10-11,19,21-25,27-29H,4,9,12-18H2,1-2H3;5-7H,1-4H3,(H,13,14)/b14-9-;8-3-;/t26-,27-,28-,33?,34?,35?,36?,37?;;5-,6+,7-/m0.1/s1. The summed E-state index contributed by atoms with van der Waals surface area (Å²) in [4.78, 5) is 141. The monoisotopic (exact) mass is 1480 g/mol. The highest BCUT2D eigenvalue weighted by Gasteiger charge is 2.48. The van der Waals surface area contributed by atoms with Crippen LogP contribution in [0.25, 0.3) is 0 Å². The van der Waals surface area contributed by atoms with Crippen LogP contribution in [0.15, 0.2) is 85.0 Å². The molecule has 0 amide bonds. The Morgan fingerprint density at radius 1 is 0.410 bits per heavy atom. The fourth-order valence-electron chi connectivity index (χ4n) is 11.8. The number of carboxylic acid groups (broad SMARTS) is 1. The lowest BCUT2D eigenvalue weighted by molar-refractivity contribution is -0.180. The highest BCUT2D eigenvalue weighted by Crippen LogP contribution is 2.43. The maximum absolute atomic E-state index is 13.2. The molecular formula is C78H114O27. The number of aliphatic carboxylic acids is 1. The molecule has 2 aromatic carbocycles. The number of carbonyl (C=O) groups is 12. The number of ether oxygens (including phenoxy) is 11. The minimum absolute atomic E-state index is 0.00652. The number of allylic oxidation sites excluding steroid dienone is 4. The summed E-state index contributed by atoms with van der Waals surface area (Å²) < 4.78 is 57.0. The van der Waals surface area contributed by atoms with E-state index in [2.05, 4.69) is 32.4 Å². The minimum atomic E-state index is -1.35. The van der Waals surface area contributed by atoms with Gasteiger partial charge in [0.05, 0.1) is 30.5 Å². The van der Waals surface area contributed by atoms with Crippen molar-refractivity contribution in [3.63, 3.8) is 0 Å². The first-order valence-corrected chi connectivity index (χ1v) is 36.2. The molecular weight excluding hydrogens is 1370 g/mol. The Hall–Kier alpha value is -8.56. The third kappa shape index (κ3) is 39.4. The van der Waals surface area contributed by atoms with Crippen molar-refractivity contribution in [2.24, 2.45) is 23.7 Å². The SMILES string of the molecule is CC(=O)O[C@@H](C)C(=O)OC(CCc1ccccc1)CCC1C(OC(=O)[C@H](C)OC(C)=O)CC(OC(=O)[C@H](C)OC(C)=O)C1C/C=C\CCCC(=O)OC(C)C.CC(=O)O[C@@H](C)C(=O)O[C@H](C)C(=O)O[C@H](C)C(=O)O.CC(C)OC(=O)CCC/C=C\CC1C(O)CC(O)C1CCC(O)CCc1ccccc1. The zero-order valence-electron chi connectivity index (χ0n) is 63.4. The first-order chi connectivity index (χ1) is 49.5. The zero-order valence-corrected chi connectivity index (χ0v) is 63.4. The topological polar surface area (TPSA) is 387 Å². The third-order valence-electron chi connectivity index (χ3n) is 17.0. The normalized spacial score (nSPS) is 20.5. The van der Waals surface area contributed by atoms with Crippen LogP contribution in [-0.2, 0) is 122 Å². The molecule has 0 heterocycles. The van der Waals surface area contributed by atoms with Crippen molar-refractivity contribution in [1.82, 2.24) is 0 Å². The number of aryl methyl sites for hydroxylation is 2. The molecule has 27 heteroatoms. The second kappa shape index (κ2) is 50.0. The van der Waals surface area contributed by atoms with E-state index in [0.717, 1.165) is 38.7 Å². The summed E-state index contributed by atoms with van der Waals surface area (Å²) in [5, 5.41) is 39.7. The van der Waals surface area contributed by atoms with Crippen LogP contribution >= 0.6 is 0 Å². The largest absolute Gasteiger partial charge is 0.479 e. The summed E-state index contributed by atoms with van der Waals surface area (Å²) in [6, 6.07) is 19.8. The molecule has 2 aromatic rings. The van der Waals surface area contributed by atoms with Crippen molar-refractivity contribution in [1.29, 1.82) is 0 Å². The molecule has 2 saturated carbocycles. The summed E-state index contributed by atoms with van der Waals surface area (Å²) in [6.45, 7) is 19.8. The number of esters is 11. The van der Waals surface area contributed by atoms with E-state index in [4.69, 9.17) is 43.0 Å². The number of unbranched alkanes of at least 4 members (excludes halogenated alkanes) is 2. The Balaban J connectivity index is 0.000000622. The molecule has 16 atom stereocenters. The quantitative estimate of drug-likeness (QED) is 0.0208. The van der Waals surface area contributed by atoms with Crippen LogP contribution in [0.4, 0.5) is 0 Å². The molecule has 4 N–H and O–H groups in total. The van der Waals surface area contributed by atoms with Crippen LogP contribution in [0.1, 0.15) is 211 Å². The van der Waals surface area contributed by atoms with Crippen molar-refractivity contribution < 1.29 is 130 Å². The average Bonchev–Trinajstić information content (AvgIpc) is 1.66. The number of hydrogen-bond acceptors (Lipinski definition) is 26. The molecule has 0 aromatic heterocycles. The molecule has 0 aliphatic heterocycles. The lowest BCUT2D eigenvalue weighted by Crippen LogP contribution is -2.35. The predicted octanol–water partition coefficient (Wildman–Crippen LogP) is 9.77. The van der Waals surface area contributed by atoms with Gasteiger partial charge in [0.2, 0.25) is 0 Å². The van der Waals surface area contributed by atoms with Crippen LogP contribution < -0.4 is 0 Å². The fourth-order valence-corrected chi connectivity index (χ4v) is 11.8. The predicted molar refractivity (Wildman–Crippen MR) is 380 cm³/mol. The van der Waals surface area contributed by atoms with Gasteiger partial charge < -0.3 is 72.5 Å². The van der Waals surface area contributed by atoms with E-state index in [1.54, 1.807) is 13.8 Å². The Morgan fingerprint density at radius 3 is 1.21 bits per heavy atom. The van der Waals surface area contributed by atoms with E-state index in [1.807, 2.05) is 80.6 Å². The molecule has 2 aliphatic carbocycles. The molecule has 0 radical (unpaired) electrons. The van der Waals surface area contributed by atoms with Gasteiger partial charge in [-0.15, -0.1) is 0 Å². The average molecular weight is 1480 g/mol. The van der Waals surface area contributed by atoms with Gasteiger partial charge in [-0.3, -0.25) is 28.8 Å². The van der Waals surface area contributed by atoms with Gasteiger partial charge in [0.15, 0.2) is 36.6 Å². The summed E-state index contributed by atoms with van der Waals surface area (Å²) in [6.07, 6.45) is 6.20. The lowest BCUT2D eigenvalue weighted by Gasteiger charge is -2.28. The van der Waals surface area contributed by atoms with Gasteiger partial charge in [0, 0.05) is 58.8 Å². The summed E-state index contributed by atoms with van der Waals surface area (Å²) in [5.74, 6) is -9.41. The maximum Gasteiger partial charge on any atom is 0.347 e. The second-order valence-electron chi connectivity index (χ2n) is 26.9. The number of hydrogen-bond donors (Lipinski definition) is 4. The van der Waals surface area contributed by atoms with Crippen molar-refractivity contribution in [2.75, 3.05) is 0 Å². The van der Waals surface area contributed by atoms with Gasteiger partial charge in [-0.25, -0.2) is 28.8 Å². The van der Waals surface area contributed by atoms with Crippen molar-refractivity contribution >= 4 is 71.6 Å². The molecule has 0 spiro atoms. The number of benzene rings is 2. The molecule has 4 rings (SSSR count). The Labute approximate surface area is 617 Å². The van der Waals surface area contributed by atoms with Crippen molar-refractivity contribution in [2.45, 2.75) is 298 Å². The highest BCUT2D eigenvalue weighted by molar-refractivity contribution is 5.84. The zero-order chi connectivity index (χ0) is 78.9. The molecule has 2 aliphatic rings. The molecule has 2 fully saturated rings. The lowest BCUT2D eigenvalue weighted by atomic mass is 9.85. The van der Waals surface area contributed by atoms with E-state index in [9.17, 15) is 72.9 Å². The number of carboxylic acids is 1. The molecule has 0 bridgehead atoms. The maximum atomic E-state index is 13.2. The van der Waals surface area contributed by atoms with Gasteiger partial charge in [-0.2, -0.15) is 0 Å². The van der Waals surface area contributed by atoms with Crippen LogP contribution in [-0.4, -0.2) is 178 Å². The number of rotatable bonds is 41. The van der Waals surface area contributed by atoms with Gasteiger partial charge in [-0.1, -0.05) is 85.0 Å². The molecule has 105 heavy (non-hydrogen) atoms. The van der Waals surface area contributed by atoms with Crippen LogP contribution in [0.5, 0.6) is 0 Å². The molecule has 27 nitrogen and oxygen atoms in total. The summed E-state index contributed by atoms with van der Waals surface area (Å²) >= 11 is 0. The Bertz CT molecular complexity index is 3070. The summed E-state index contributed by atoms with van der Waals surface area (Å²) in [5.41, 5.74) is 2.25. The first-order valence-electron chi connectivity index (χ1n) is 36.2. The molecule has 588 valence electrons. The molecule has 10 unspecified atom stereocenters. The van der Waals surface area contributed by atoms with Gasteiger partial charge in [0.25, 0.3) is 0 Å². The van der Waals surface area contributed by atoms with E-state index < -0.39 is 145 Å². The van der Waals surface area contributed by atoms with E-state index in [0.29, 0.717) is 83.5 Å². The van der Waals surface area contributed by atoms with Crippen LogP contribution in [0.3, 0.4) is 0 Å². The first kappa shape index (κ1) is 92.5. The smallest absolute Gasteiger partial charge is 0.347 e. The van der Waals surface area contributed by atoms with Gasteiger partial charge in [0.1, 0.15) is 18.3 Å². The van der Waals surface area contributed by atoms with E-state index >= 15 is 0 Å². The minimum Gasteiger partial charge on any atom is -0.479 e. The Kier molecular flexibility index (Phi) is 44.1. The highest BCUT2D eigenvalue weighted by atomic mass is 16.6. The third-order valence-corrected chi connectivity index (χ3v) is 17.0. The Morgan fingerprint density at radius 2 is 0.781 bits per heavy atom. The number of aliphatic hydroxyl groups excluding tert-OH is 3. The molecule has 0 saturated heterocycles. The van der Waals surface area contributed by atoms with Gasteiger partial charge in [-0.05, 0) is 189 Å². The van der Waals surface area contributed by atoms with Crippen LogP contribution in [0.2, 0.25) is 0 Å².